The maximum Gasteiger partial charge on any atom is 0.229 e. The van der Waals surface area contributed by atoms with Crippen molar-refractivity contribution in [3.8, 4) is 5.75 Å². The van der Waals surface area contributed by atoms with E-state index in [4.69, 9.17) is 19.2 Å². The fraction of sp³-hybridized carbons (Fsp3) is 0.586. The first-order chi connectivity index (χ1) is 18.2. The summed E-state index contributed by atoms with van der Waals surface area (Å²) in [7, 11) is 0. The summed E-state index contributed by atoms with van der Waals surface area (Å²) < 4.78 is 18.1. The van der Waals surface area contributed by atoms with Crippen molar-refractivity contribution in [1.82, 2.24) is 14.9 Å². The minimum absolute atomic E-state index is 0.468. The summed E-state index contributed by atoms with van der Waals surface area (Å²) in [6.45, 7) is 10.5. The minimum Gasteiger partial charge on any atom is -0.492 e. The zero-order valence-corrected chi connectivity index (χ0v) is 22.2. The number of ether oxygens (including phenoxy) is 3. The van der Waals surface area contributed by atoms with Crippen LogP contribution in [0.3, 0.4) is 0 Å². The highest BCUT2D eigenvalue weighted by Gasteiger charge is 2.22. The number of hydrogen-bond donors (Lipinski definition) is 1. The summed E-state index contributed by atoms with van der Waals surface area (Å²) >= 11 is 0. The first kappa shape index (κ1) is 25.9. The lowest BCUT2D eigenvalue weighted by Crippen LogP contribution is -2.36. The molecule has 1 aromatic carbocycles. The SMILES string of the molecule is Cc1cnc2nc1N1CCC(CC1)COC/C=C/COCc1cc(ccc1OCCN1CCCCC1)N2. The molecule has 2 fully saturated rings. The molecule has 6 rings (SSSR count). The van der Waals surface area contributed by atoms with Crippen molar-refractivity contribution in [1.29, 1.82) is 0 Å². The maximum atomic E-state index is 6.24. The molecule has 0 spiro atoms. The molecule has 37 heavy (non-hydrogen) atoms. The monoisotopic (exact) mass is 507 g/mol. The largest absolute Gasteiger partial charge is 0.492 e. The van der Waals surface area contributed by atoms with E-state index in [1.54, 1.807) is 0 Å². The lowest BCUT2D eigenvalue weighted by molar-refractivity contribution is 0.110. The third kappa shape index (κ3) is 7.43. The van der Waals surface area contributed by atoms with E-state index in [1.165, 1.54) is 32.4 Å². The number of benzene rings is 1. The van der Waals surface area contributed by atoms with E-state index in [2.05, 4.69) is 39.2 Å². The van der Waals surface area contributed by atoms with Crippen LogP contribution in [0.25, 0.3) is 0 Å². The second kappa shape index (κ2) is 13.2. The lowest BCUT2D eigenvalue weighted by atomic mass is 9.97. The van der Waals surface area contributed by atoms with E-state index in [0.29, 0.717) is 38.3 Å². The molecule has 1 N–H and O–H groups in total. The fourth-order valence-electron chi connectivity index (χ4n) is 5.31. The second-order valence-corrected chi connectivity index (χ2v) is 10.4. The molecule has 2 aromatic rings. The van der Waals surface area contributed by atoms with E-state index >= 15 is 0 Å². The average Bonchev–Trinajstić information content (AvgIpc) is 2.93. The molecule has 8 nitrogen and oxygen atoms in total. The number of likely N-dealkylation sites (tertiary alicyclic amines) is 1. The smallest absolute Gasteiger partial charge is 0.229 e. The molecule has 4 aliphatic heterocycles. The van der Waals surface area contributed by atoms with E-state index in [1.807, 2.05) is 24.4 Å². The molecule has 0 aliphatic carbocycles. The van der Waals surface area contributed by atoms with Crippen molar-refractivity contribution < 1.29 is 14.2 Å². The van der Waals surface area contributed by atoms with E-state index in [-0.39, 0.29) is 0 Å². The van der Waals surface area contributed by atoms with Crippen LogP contribution in [0.5, 0.6) is 5.75 Å². The first-order valence-electron chi connectivity index (χ1n) is 13.9. The summed E-state index contributed by atoms with van der Waals surface area (Å²) in [5.74, 6) is 3.09. The number of aryl methyl sites for hydroxylation is 1. The predicted molar refractivity (Wildman–Crippen MR) is 147 cm³/mol. The fourth-order valence-corrected chi connectivity index (χ4v) is 5.31. The van der Waals surface area contributed by atoms with Crippen molar-refractivity contribution in [3.63, 3.8) is 0 Å². The van der Waals surface area contributed by atoms with Crippen LogP contribution >= 0.6 is 0 Å². The van der Waals surface area contributed by atoms with Gasteiger partial charge in [-0.15, -0.1) is 0 Å². The van der Waals surface area contributed by atoms with Gasteiger partial charge in [0.25, 0.3) is 0 Å². The van der Waals surface area contributed by atoms with Gasteiger partial charge < -0.3 is 24.4 Å². The Morgan fingerprint density at radius 3 is 2.68 bits per heavy atom. The third-order valence-corrected chi connectivity index (χ3v) is 7.50. The normalized spacial score (nSPS) is 20.9. The highest BCUT2D eigenvalue weighted by molar-refractivity contribution is 5.59. The molecule has 0 radical (unpaired) electrons. The molecule has 1 aromatic heterocycles. The average molecular weight is 508 g/mol. The Balaban J connectivity index is 1.32. The lowest BCUT2D eigenvalue weighted by Gasteiger charge is -2.33. The molecule has 4 aliphatic rings. The van der Waals surface area contributed by atoms with Gasteiger partial charge in [0.1, 0.15) is 18.2 Å². The molecule has 8 heteroatoms. The van der Waals surface area contributed by atoms with Crippen LogP contribution in [0.2, 0.25) is 0 Å². The Labute approximate surface area is 221 Å². The van der Waals surface area contributed by atoms with Gasteiger partial charge in [0.2, 0.25) is 5.95 Å². The number of fused-ring (bicyclic) bond motifs is 8. The van der Waals surface area contributed by atoms with Crippen LogP contribution < -0.4 is 15.0 Å². The number of nitrogens with one attached hydrogen (secondary N) is 1. The predicted octanol–water partition coefficient (Wildman–Crippen LogP) is 4.71. The molecular weight excluding hydrogens is 466 g/mol. The van der Waals surface area contributed by atoms with Crippen LogP contribution in [0.1, 0.15) is 43.2 Å². The maximum absolute atomic E-state index is 6.24. The van der Waals surface area contributed by atoms with Gasteiger partial charge in [-0.2, -0.15) is 4.98 Å². The van der Waals surface area contributed by atoms with Crippen LogP contribution in [0.4, 0.5) is 17.5 Å². The summed E-state index contributed by atoms with van der Waals surface area (Å²) in [5, 5.41) is 3.42. The van der Waals surface area contributed by atoms with Crippen molar-refractivity contribution >= 4 is 17.5 Å². The van der Waals surface area contributed by atoms with Gasteiger partial charge in [0.15, 0.2) is 0 Å². The van der Waals surface area contributed by atoms with E-state index < -0.39 is 0 Å². The molecule has 0 unspecified atom stereocenters. The molecule has 0 saturated carbocycles. The molecule has 0 atom stereocenters. The van der Waals surface area contributed by atoms with E-state index in [9.17, 15) is 0 Å². The molecular formula is C29H41N5O3. The van der Waals surface area contributed by atoms with Gasteiger partial charge in [-0.3, -0.25) is 4.90 Å². The molecule has 2 saturated heterocycles. The Hall–Kier alpha value is -2.68. The molecule has 6 bridgehead atoms. The second-order valence-electron chi connectivity index (χ2n) is 10.4. The third-order valence-electron chi connectivity index (χ3n) is 7.50. The number of anilines is 3. The topological polar surface area (TPSA) is 72.0 Å². The minimum atomic E-state index is 0.468. The van der Waals surface area contributed by atoms with Crippen molar-refractivity contribution in [2.75, 3.05) is 69.4 Å². The van der Waals surface area contributed by atoms with Gasteiger partial charge in [-0.25, -0.2) is 4.98 Å². The van der Waals surface area contributed by atoms with Gasteiger partial charge in [0.05, 0.1) is 19.8 Å². The van der Waals surface area contributed by atoms with Gasteiger partial charge in [-0.05, 0) is 69.8 Å². The number of piperidine rings is 2. The molecule has 0 amide bonds. The Kier molecular flexibility index (Phi) is 9.27. The Bertz CT molecular complexity index is 1030. The zero-order chi connectivity index (χ0) is 25.3. The molecule has 5 heterocycles. The van der Waals surface area contributed by atoms with Crippen molar-refractivity contribution in [2.24, 2.45) is 5.92 Å². The van der Waals surface area contributed by atoms with Crippen molar-refractivity contribution in [2.45, 2.75) is 45.6 Å². The standard InChI is InChI=1S/C29H41N5O3/c1-23-20-30-29-31-26-7-8-27(37-18-15-33-11-3-2-4-12-33)25(19-26)22-36-17-6-5-16-35-21-24-9-13-34(14-10-24)28(23)32-29/h5-8,19-20,24H,2-4,9-18,21-22H2,1H3,(H,30,31,32)/b6-5+. The summed E-state index contributed by atoms with van der Waals surface area (Å²) in [6.07, 6.45) is 12.2. The van der Waals surface area contributed by atoms with E-state index in [0.717, 1.165) is 67.5 Å². The van der Waals surface area contributed by atoms with Gasteiger partial charge >= 0.3 is 0 Å². The quantitative estimate of drug-likeness (QED) is 0.597. The van der Waals surface area contributed by atoms with Crippen LogP contribution in [0.15, 0.2) is 36.5 Å². The summed E-state index contributed by atoms with van der Waals surface area (Å²) in [4.78, 5) is 14.3. The van der Waals surface area contributed by atoms with Crippen LogP contribution in [0, 0.1) is 12.8 Å². The van der Waals surface area contributed by atoms with Gasteiger partial charge in [-0.1, -0.05) is 18.6 Å². The summed E-state index contributed by atoms with van der Waals surface area (Å²) in [6, 6.07) is 6.16. The number of rotatable bonds is 4. The number of aromatic nitrogens is 2. The zero-order valence-electron chi connectivity index (χ0n) is 22.2. The Morgan fingerprint density at radius 2 is 1.84 bits per heavy atom. The number of hydrogen-bond acceptors (Lipinski definition) is 8. The Morgan fingerprint density at radius 1 is 1.03 bits per heavy atom. The highest BCUT2D eigenvalue weighted by atomic mass is 16.5. The molecule has 200 valence electrons. The number of nitrogens with zero attached hydrogens (tertiary/aromatic N) is 4. The van der Waals surface area contributed by atoms with Gasteiger partial charge in [0, 0.05) is 49.3 Å². The first-order valence-corrected chi connectivity index (χ1v) is 13.9. The van der Waals surface area contributed by atoms with Crippen LogP contribution in [-0.4, -0.2) is 74.0 Å². The van der Waals surface area contributed by atoms with Crippen molar-refractivity contribution in [3.05, 3.63) is 47.7 Å². The highest BCUT2D eigenvalue weighted by Crippen LogP contribution is 2.28. The summed E-state index contributed by atoms with van der Waals surface area (Å²) in [5.41, 5.74) is 3.04. The van der Waals surface area contributed by atoms with Crippen LogP contribution in [-0.2, 0) is 16.1 Å².